The zero-order chi connectivity index (χ0) is 25.7. The Kier molecular flexibility index (Phi) is 8.10. The number of nitrogens with one attached hydrogen (secondary N) is 1. The summed E-state index contributed by atoms with van der Waals surface area (Å²) in [5.41, 5.74) is 3.12. The minimum absolute atomic E-state index is 0.165. The molecule has 9 heteroatoms. The first-order chi connectivity index (χ1) is 17.3. The van der Waals surface area contributed by atoms with Crippen LogP contribution in [0.15, 0.2) is 84.0 Å². The van der Waals surface area contributed by atoms with Gasteiger partial charge in [0.25, 0.3) is 5.91 Å². The van der Waals surface area contributed by atoms with Crippen LogP contribution in [0, 0.1) is 0 Å². The van der Waals surface area contributed by atoms with Gasteiger partial charge in [-0.2, -0.15) is 5.10 Å². The Morgan fingerprint density at radius 1 is 0.917 bits per heavy atom. The van der Waals surface area contributed by atoms with Crippen LogP contribution in [-0.4, -0.2) is 24.2 Å². The van der Waals surface area contributed by atoms with Gasteiger partial charge < -0.3 is 9.47 Å². The molecule has 0 aliphatic carbocycles. The highest BCUT2D eigenvalue weighted by atomic mass is 35.5. The number of benzene rings is 4. The predicted octanol–water partition coefficient (Wildman–Crippen LogP) is 6.94. The number of ether oxygens (including phenoxy) is 2. The van der Waals surface area contributed by atoms with Crippen LogP contribution < -0.4 is 14.9 Å². The summed E-state index contributed by atoms with van der Waals surface area (Å²) in [4.78, 5) is 25.3. The topological polar surface area (TPSA) is 77.0 Å². The normalized spacial score (nSPS) is 11.9. The Labute approximate surface area is 222 Å². The largest absolute Gasteiger partial charge is 0.481 e. The van der Waals surface area contributed by atoms with E-state index >= 15 is 0 Å². The summed E-state index contributed by atoms with van der Waals surface area (Å²) in [6.07, 6.45) is 0.599. The number of nitrogens with zero attached hydrogens (tertiary/aromatic N) is 1. The third kappa shape index (κ3) is 6.15. The Morgan fingerprint density at radius 2 is 1.64 bits per heavy atom. The maximum Gasteiger partial charge on any atom is 0.345 e. The molecule has 0 radical (unpaired) electrons. The summed E-state index contributed by atoms with van der Waals surface area (Å²) in [6, 6.07) is 22.1. The summed E-state index contributed by atoms with van der Waals surface area (Å²) >= 11 is 18.0. The molecule has 0 spiro atoms. The van der Waals surface area contributed by atoms with Crippen LogP contribution in [0.1, 0.15) is 22.8 Å². The molecule has 0 aliphatic rings. The molecule has 0 saturated heterocycles. The molecule has 1 N–H and O–H groups in total. The first-order valence-electron chi connectivity index (χ1n) is 10.8. The van der Waals surface area contributed by atoms with Crippen molar-refractivity contribution in [2.24, 2.45) is 5.10 Å². The van der Waals surface area contributed by atoms with Gasteiger partial charge in [-0.15, -0.1) is 0 Å². The van der Waals surface area contributed by atoms with Crippen LogP contribution in [0.5, 0.6) is 11.5 Å². The molecule has 4 aromatic rings. The van der Waals surface area contributed by atoms with Crippen LogP contribution in [-0.2, 0) is 4.79 Å². The molecule has 4 rings (SSSR count). The minimum Gasteiger partial charge on any atom is -0.481 e. The van der Waals surface area contributed by atoms with E-state index in [-0.39, 0.29) is 16.3 Å². The van der Waals surface area contributed by atoms with Crippen LogP contribution in [0.25, 0.3) is 10.8 Å². The Bertz CT molecular complexity index is 1460. The van der Waals surface area contributed by atoms with Gasteiger partial charge in [-0.05, 0) is 66.2 Å². The number of hydrogen-bond donors (Lipinski definition) is 1. The Hall–Kier alpha value is -3.58. The van der Waals surface area contributed by atoms with Gasteiger partial charge in [0.1, 0.15) is 11.5 Å². The van der Waals surface area contributed by atoms with Crippen LogP contribution in [0.3, 0.4) is 0 Å². The number of carbonyl (C=O) groups excluding carboxylic acids is 2. The fourth-order valence-corrected chi connectivity index (χ4v) is 3.94. The van der Waals surface area contributed by atoms with Crippen molar-refractivity contribution in [2.45, 2.75) is 13.0 Å². The minimum atomic E-state index is -0.819. The molecule has 182 valence electrons. The second-order valence-electron chi connectivity index (χ2n) is 7.66. The molecule has 0 aliphatic heterocycles. The summed E-state index contributed by atoms with van der Waals surface area (Å²) in [7, 11) is 0. The standard InChI is InChI=1S/C27H19Cl3N2O4/c1-16(35-20-10-7-18(28)8-11-20)26(33)32-31-15-23-21-5-3-2-4-17(21)6-13-25(23)36-27(34)22-12-9-19(29)14-24(22)30/h2-16H,1H3,(H,32,33)/b31-15+. The maximum atomic E-state index is 12.8. The molecular formula is C27H19Cl3N2O4. The average Bonchev–Trinajstić information content (AvgIpc) is 2.86. The lowest BCUT2D eigenvalue weighted by molar-refractivity contribution is -0.127. The highest BCUT2D eigenvalue weighted by Crippen LogP contribution is 2.29. The molecule has 0 aromatic heterocycles. The number of fused-ring (bicyclic) bond motifs is 1. The monoisotopic (exact) mass is 540 g/mol. The molecule has 1 unspecified atom stereocenters. The quantitative estimate of drug-likeness (QED) is 0.119. The SMILES string of the molecule is CC(Oc1ccc(Cl)cc1)C(=O)N/N=C/c1c(OC(=O)c2ccc(Cl)cc2Cl)ccc2ccccc12. The second-order valence-corrected chi connectivity index (χ2v) is 8.94. The Balaban J connectivity index is 1.54. The third-order valence-corrected chi connectivity index (χ3v) is 5.95. The molecular weight excluding hydrogens is 523 g/mol. The van der Waals surface area contributed by atoms with E-state index in [1.54, 1.807) is 43.3 Å². The van der Waals surface area contributed by atoms with Crippen LogP contribution >= 0.6 is 34.8 Å². The van der Waals surface area contributed by atoms with Gasteiger partial charge in [0.2, 0.25) is 0 Å². The molecule has 36 heavy (non-hydrogen) atoms. The number of amides is 1. The molecule has 0 heterocycles. The number of hydrogen-bond acceptors (Lipinski definition) is 5. The zero-order valence-electron chi connectivity index (χ0n) is 18.9. The lowest BCUT2D eigenvalue weighted by atomic mass is 10.0. The van der Waals surface area contributed by atoms with Crippen molar-refractivity contribution in [3.8, 4) is 11.5 Å². The first-order valence-corrected chi connectivity index (χ1v) is 11.9. The smallest absolute Gasteiger partial charge is 0.345 e. The van der Waals surface area contributed by atoms with Crippen molar-refractivity contribution in [3.63, 3.8) is 0 Å². The summed E-state index contributed by atoms with van der Waals surface area (Å²) in [6.45, 7) is 1.60. The number of halogens is 3. The fourth-order valence-electron chi connectivity index (χ4n) is 3.33. The summed E-state index contributed by atoms with van der Waals surface area (Å²) in [5.74, 6) is -0.383. The van der Waals surface area contributed by atoms with Crippen molar-refractivity contribution in [2.75, 3.05) is 0 Å². The van der Waals surface area contributed by atoms with E-state index < -0.39 is 18.0 Å². The van der Waals surface area contributed by atoms with Crippen molar-refractivity contribution in [1.82, 2.24) is 5.43 Å². The van der Waals surface area contributed by atoms with Crippen molar-refractivity contribution in [1.29, 1.82) is 0 Å². The highest BCUT2D eigenvalue weighted by Gasteiger charge is 2.17. The van der Waals surface area contributed by atoms with Crippen molar-refractivity contribution < 1.29 is 19.1 Å². The van der Waals surface area contributed by atoms with E-state index in [1.807, 2.05) is 30.3 Å². The molecule has 1 amide bonds. The van der Waals surface area contributed by atoms with Gasteiger partial charge >= 0.3 is 5.97 Å². The molecule has 4 aromatic carbocycles. The summed E-state index contributed by atoms with van der Waals surface area (Å²) in [5, 5.41) is 6.89. The number of carbonyl (C=O) groups is 2. The van der Waals surface area contributed by atoms with E-state index in [0.717, 1.165) is 10.8 Å². The average molecular weight is 542 g/mol. The van der Waals surface area contributed by atoms with Crippen molar-refractivity contribution in [3.05, 3.63) is 105 Å². The van der Waals surface area contributed by atoms with E-state index in [1.165, 1.54) is 18.3 Å². The molecule has 0 fully saturated rings. The van der Waals surface area contributed by atoms with Gasteiger partial charge in [0.05, 0.1) is 16.8 Å². The van der Waals surface area contributed by atoms with Crippen LogP contribution in [0.2, 0.25) is 15.1 Å². The number of hydrazone groups is 1. The van der Waals surface area contributed by atoms with Gasteiger partial charge in [-0.1, -0.05) is 65.1 Å². The van der Waals surface area contributed by atoms with E-state index in [4.69, 9.17) is 44.3 Å². The summed E-state index contributed by atoms with van der Waals surface area (Å²) < 4.78 is 11.3. The predicted molar refractivity (Wildman–Crippen MR) is 143 cm³/mol. The lowest BCUT2D eigenvalue weighted by Crippen LogP contribution is -2.33. The Morgan fingerprint density at radius 3 is 2.39 bits per heavy atom. The molecule has 1 atom stereocenters. The van der Waals surface area contributed by atoms with Crippen molar-refractivity contribution >= 4 is 63.7 Å². The van der Waals surface area contributed by atoms with E-state index in [0.29, 0.717) is 21.4 Å². The van der Waals surface area contributed by atoms with Gasteiger partial charge in [0, 0.05) is 15.6 Å². The van der Waals surface area contributed by atoms with Gasteiger partial charge in [0.15, 0.2) is 6.10 Å². The number of rotatable bonds is 7. The van der Waals surface area contributed by atoms with E-state index in [9.17, 15) is 9.59 Å². The zero-order valence-corrected chi connectivity index (χ0v) is 21.1. The van der Waals surface area contributed by atoms with E-state index in [2.05, 4.69) is 10.5 Å². The second kappa shape index (κ2) is 11.4. The maximum absolute atomic E-state index is 12.8. The molecule has 0 saturated carbocycles. The lowest BCUT2D eigenvalue weighted by Gasteiger charge is -2.13. The fraction of sp³-hybridized carbons (Fsp3) is 0.0741. The molecule has 0 bridgehead atoms. The number of esters is 1. The van der Waals surface area contributed by atoms with Gasteiger partial charge in [-0.25, -0.2) is 10.2 Å². The highest BCUT2D eigenvalue weighted by molar-refractivity contribution is 6.36. The van der Waals surface area contributed by atoms with Crippen LogP contribution in [0.4, 0.5) is 0 Å². The van der Waals surface area contributed by atoms with Gasteiger partial charge in [-0.3, -0.25) is 4.79 Å². The third-order valence-electron chi connectivity index (χ3n) is 5.15. The molecule has 6 nitrogen and oxygen atoms in total. The first kappa shape index (κ1) is 25.5.